The average molecular weight is 629 g/mol. The van der Waals surface area contributed by atoms with Gasteiger partial charge in [0.15, 0.2) is 5.11 Å². The van der Waals surface area contributed by atoms with Gasteiger partial charge in [-0.3, -0.25) is 10.1 Å². The molecule has 13 heteroatoms. The number of alkyl halides is 3. The number of carbonyl (C=O) groups is 1. The molecule has 1 amide bonds. The highest BCUT2D eigenvalue weighted by molar-refractivity contribution is 7.99. The molecule has 0 heterocycles. The van der Waals surface area contributed by atoms with Gasteiger partial charge in [-0.05, 0) is 78.9 Å². The third-order valence-electron chi connectivity index (χ3n) is 5.15. The average Bonchev–Trinajstić information content (AvgIpc) is 2.87. The van der Waals surface area contributed by atoms with Crippen LogP contribution in [0.1, 0.15) is 15.9 Å². The third-order valence-corrected chi connectivity index (χ3v) is 7.35. The Labute approximate surface area is 244 Å². The fourth-order valence-electron chi connectivity index (χ4n) is 3.29. The highest BCUT2D eigenvalue weighted by Crippen LogP contribution is 2.41. The topological polar surface area (TPSA) is 50.4 Å². The van der Waals surface area contributed by atoms with Crippen LogP contribution in [-0.2, 0) is 6.18 Å². The molecule has 0 radical (unpaired) electrons. The van der Waals surface area contributed by atoms with Crippen LogP contribution >= 0.6 is 47.2 Å². The van der Waals surface area contributed by atoms with Crippen LogP contribution in [0, 0.1) is 11.6 Å². The Morgan fingerprint density at radius 1 is 0.825 bits per heavy atom. The number of anilines is 1. The van der Waals surface area contributed by atoms with Crippen molar-refractivity contribution in [1.29, 1.82) is 0 Å². The first-order valence-electron chi connectivity index (χ1n) is 11.1. The van der Waals surface area contributed by atoms with E-state index in [2.05, 4.69) is 10.6 Å². The molecule has 0 aliphatic heterocycles. The standard InChI is InChI=1S/C27H15Cl2F5N2O2S2/c28-18-12-14(27(32,33)34)4-10-22(18)40-23-11-9-17(13-19(23)29)38-16-7-5-15(6-8-16)35-26(39)36-25(37)24-20(30)2-1-3-21(24)31/h1-13H,(H2,35,36,37,39). The number of nitrogens with one attached hydrogen (secondary N) is 2. The van der Waals surface area contributed by atoms with Gasteiger partial charge in [0.1, 0.15) is 28.7 Å². The van der Waals surface area contributed by atoms with Crippen molar-refractivity contribution in [1.82, 2.24) is 5.32 Å². The maximum absolute atomic E-state index is 13.8. The Kier molecular flexibility index (Phi) is 9.19. The van der Waals surface area contributed by atoms with E-state index in [9.17, 15) is 26.7 Å². The van der Waals surface area contributed by atoms with E-state index < -0.39 is 34.8 Å². The van der Waals surface area contributed by atoms with E-state index in [0.717, 1.165) is 42.1 Å². The Morgan fingerprint density at radius 2 is 1.40 bits per heavy atom. The number of hydrogen-bond acceptors (Lipinski definition) is 4. The summed E-state index contributed by atoms with van der Waals surface area (Å²) in [5.41, 5.74) is -1.13. The van der Waals surface area contributed by atoms with Crippen molar-refractivity contribution in [3.8, 4) is 11.5 Å². The maximum Gasteiger partial charge on any atom is 0.416 e. The lowest BCUT2D eigenvalue weighted by atomic mass is 10.2. The monoisotopic (exact) mass is 628 g/mol. The first-order valence-corrected chi connectivity index (χ1v) is 13.1. The second-order valence-electron chi connectivity index (χ2n) is 7.97. The van der Waals surface area contributed by atoms with Crippen LogP contribution in [0.15, 0.2) is 88.7 Å². The van der Waals surface area contributed by atoms with E-state index in [1.165, 1.54) is 6.07 Å². The molecule has 0 spiro atoms. The maximum atomic E-state index is 13.8. The molecule has 206 valence electrons. The zero-order valence-electron chi connectivity index (χ0n) is 19.8. The van der Waals surface area contributed by atoms with Gasteiger partial charge < -0.3 is 10.1 Å². The van der Waals surface area contributed by atoms with Crippen molar-refractivity contribution in [2.45, 2.75) is 16.0 Å². The lowest BCUT2D eigenvalue weighted by molar-refractivity contribution is -0.137. The zero-order valence-corrected chi connectivity index (χ0v) is 22.9. The van der Waals surface area contributed by atoms with E-state index in [1.54, 1.807) is 42.5 Å². The van der Waals surface area contributed by atoms with Gasteiger partial charge in [-0.2, -0.15) is 13.2 Å². The van der Waals surface area contributed by atoms with Crippen LogP contribution < -0.4 is 15.4 Å². The quantitative estimate of drug-likeness (QED) is 0.165. The molecule has 0 fully saturated rings. The lowest BCUT2D eigenvalue weighted by Crippen LogP contribution is -2.35. The molecule has 0 bridgehead atoms. The number of benzene rings is 4. The molecule has 2 N–H and O–H groups in total. The molecule has 0 atom stereocenters. The number of hydrogen-bond donors (Lipinski definition) is 2. The van der Waals surface area contributed by atoms with Gasteiger partial charge in [-0.1, -0.05) is 41.0 Å². The van der Waals surface area contributed by atoms with Gasteiger partial charge in [-0.25, -0.2) is 8.78 Å². The van der Waals surface area contributed by atoms with Crippen LogP contribution in [-0.4, -0.2) is 11.0 Å². The Hall–Kier alpha value is -3.38. The Bertz CT molecular complexity index is 1560. The fraction of sp³-hybridized carbons (Fsp3) is 0.0370. The van der Waals surface area contributed by atoms with Crippen molar-refractivity contribution in [2.24, 2.45) is 0 Å². The number of rotatable bonds is 6. The highest BCUT2D eigenvalue weighted by Gasteiger charge is 2.31. The first-order chi connectivity index (χ1) is 18.9. The van der Waals surface area contributed by atoms with E-state index in [-0.39, 0.29) is 10.1 Å². The van der Waals surface area contributed by atoms with E-state index in [4.69, 9.17) is 40.2 Å². The van der Waals surface area contributed by atoms with Gasteiger partial charge in [0, 0.05) is 21.5 Å². The highest BCUT2D eigenvalue weighted by atomic mass is 35.5. The molecule has 4 rings (SSSR count). The predicted molar refractivity (Wildman–Crippen MR) is 149 cm³/mol. The summed E-state index contributed by atoms with van der Waals surface area (Å²) in [7, 11) is 0. The predicted octanol–water partition coefficient (Wildman–Crippen LogP) is 9.36. The Morgan fingerprint density at radius 3 is 1.98 bits per heavy atom. The van der Waals surface area contributed by atoms with Crippen LogP contribution in [0.5, 0.6) is 11.5 Å². The van der Waals surface area contributed by atoms with Gasteiger partial charge in [-0.15, -0.1) is 0 Å². The zero-order chi connectivity index (χ0) is 29.0. The first kappa shape index (κ1) is 29.6. The number of thiocarbonyl (C=S) groups is 1. The molecule has 0 saturated heterocycles. The molecular formula is C27H15Cl2F5N2O2S2. The van der Waals surface area contributed by atoms with E-state index in [1.807, 2.05) is 0 Å². The SMILES string of the molecule is O=C(NC(=S)Nc1ccc(Oc2ccc(Sc3ccc(C(F)(F)F)cc3Cl)c(Cl)c2)cc1)c1c(F)cccc1F. The molecule has 0 aromatic heterocycles. The van der Waals surface area contributed by atoms with Crippen LogP contribution in [0.4, 0.5) is 27.6 Å². The van der Waals surface area contributed by atoms with Crippen molar-refractivity contribution in [2.75, 3.05) is 5.32 Å². The van der Waals surface area contributed by atoms with Crippen LogP contribution in [0.2, 0.25) is 10.0 Å². The van der Waals surface area contributed by atoms with Gasteiger partial charge >= 0.3 is 6.18 Å². The number of carbonyl (C=O) groups excluding carboxylic acids is 1. The molecule has 0 aliphatic rings. The smallest absolute Gasteiger partial charge is 0.416 e. The molecule has 0 aliphatic carbocycles. The third kappa shape index (κ3) is 7.42. The minimum atomic E-state index is -4.50. The number of halogens is 7. The summed E-state index contributed by atoms with van der Waals surface area (Å²) in [6.07, 6.45) is -4.50. The summed E-state index contributed by atoms with van der Waals surface area (Å²) in [5, 5.41) is 5.02. The van der Waals surface area contributed by atoms with Crippen molar-refractivity contribution >= 4 is 63.9 Å². The molecule has 4 aromatic rings. The van der Waals surface area contributed by atoms with Crippen molar-refractivity contribution in [3.63, 3.8) is 0 Å². The lowest BCUT2D eigenvalue weighted by Gasteiger charge is -2.12. The summed E-state index contributed by atoms with van der Waals surface area (Å²) in [5.74, 6) is -2.25. The minimum absolute atomic E-state index is 0.0524. The largest absolute Gasteiger partial charge is 0.457 e. The molecule has 0 unspecified atom stereocenters. The minimum Gasteiger partial charge on any atom is -0.457 e. The van der Waals surface area contributed by atoms with Gasteiger partial charge in [0.2, 0.25) is 0 Å². The van der Waals surface area contributed by atoms with E-state index in [0.29, 0.717) is 32.0 Å². The van der Waals surface area contributed by atoms with E-state index >= 15 is 0 Å². The summed E-state index contributed by atoms with van der Waals surface area (Å²) in [6, 6.07) is 17.3. The summed E-state index contributed by atoms with van der Waals surface area (Å²) in [4.78, 5) is 13.1. The number of amides is 1. The second kappa shape index (κ2) is 12.4. The summed E-state index contributed by atoms with van der Waals surface area (Å²) >= 11 is 18.5. The van der Waals surface area contributed by atoms with Crippen LogP contribution in [0.25, 0.3) is 0 Å². The summed E-state index contributed by atoms with van der Waals surface area (Å²) in [6.45, 7) is 0. The molecule has 40 heavy (non-hydrogen) atoms. The molecule has 4 nitrogen and oxygen atoms in total. The molecule has 4 aromatic carbocycles. The normalized spacial score (nSPS) is 11.2. The van der Waals surface area contributed by atoms with Crippen LogP contribution in [0.3, 0.4) is 0 Å². The number of ether oxygens (including phenoxy) is 1. The van der Waals surface area contributed by atoms with Crippen molar-refractivity contribution in [3.05, 3.63) is 112 Å². The fourth-order valence-corrected chi connectivity index (χ4v) is 4.91. The van der Waals surface area contributed by atoms with Gasteiger partial charge in [0.05, 0.1) is 15.6 Å². The second-order valence-corrected chi connectivity index (χ2v) is 10.3. The van der Waals surface area contributed by atoms with Crippen molar-refractivity contribution < 1.29 is 31.5 Å². The summed E-state index contributed by atoms with van der Waals surface area (Å²) < 4.78 is 72.0. The Balaban J connectivity index is 1.36. The molecule has 0 saturated carbocycles. The van der Waals surface area contributed by atoms with Gasteiger partial charge in [0.25, 0.3) is 5.91 Å². The molecular weight excluding hydrogens is 614 g/mol.